The molecule has 2 unspecified atom stereocenters. The fourth-order valence-electron chi connectivity index (χ4n) is 3.02. The van der Waals surface area contributed by atoms with Crippen LogP contribution >= 0.6 is 0 Å². The highest BCUT2D eigenvalue weighted by Crippen LogP contribution is 2.32. The van der Waals surface area contributed by atoms with E-state index in [2.05, 4.69) is 17.6 Å². The van der Waals surface area contributed by atoms with Crippen LogP contribution in [0, 0.1) is 5.92 Å². The molecule has 2 heteroatoms. The summed E-state index contributed by atoms with van der Waals surface area (Å²) in [6.07, 6.45) is 8.40. The number of hydrogen-bond acceptors (Lipinski definition) is 2. The quantitative estimate of drug-likeness (QED) is 0.656. The van der Waals surface area contributed by atoms with E-state index in [1.165, 1.54) is 51.6 Å². The maximum Gasteiger partial charge on any atom is 0.00728 e. The average molecular weight is 196 g/mol. The van der Waals surface area contributed by atoms with E-state index in [-0.39, 0.29) is 0 Å². The van der Waals surface area contributed by atoms with Crippen LogP contribution in [0.15, 0.2) is 0 Å². The van der Waals surface area contributed by atoms with Gasteiger partial charge in [0.15, 0.2) is 0 Å². The molecule has 0 aromatic heterocycles. The molecule has 0 spiro atoms. The van der Waals surface area contributed by atoms with Crippen molar-refractivity contribution in [2.75, 3.05) is 13.1 Å². The molecule has 0 aliphatic carbocycles. The minimum absolute atomic E-state index is 0.866. The summed E-state index contributed by atoms with van der Waals surface area (Å²) in [5.41, 5.74) is 0. The lowest BCUT2D eigenvalue weighted by molar-refractivity contribution is 0.283. The van der Waals surface area contributed by atoms with Gasteiger partial charge in [-0.25, -0.2) is 0 Å². The van der Waals surface area contributed by atoms with Crippen LogP contribution in [0.5, 0.6) is 0 Å². The maximum atomic E-state index is 3.70. The Hall–Kier alpha value is -0.0800. The topological polar surface area (TPSA) is 24.1 Å². The van der Waals surface area contributed by atoms with Gasteiger partial charge in [0.2, 0.25) is 0 Å². The molecule has 2 aliphatic rings. The van der Waals surface area contributed by atoms with Crippen LogP contribution in [0.2, 0.25) is 0 Å². The van der Waals surface area contributed by atoms with Crippen molar-refractivity contribution in [2.45, 2.75) is 57.5 Å². The number of nitrogens with one attached hydrogen (secondary N) is 2. The van der Waals surface area contributed by atoms with Crippen LogP contribution in [-0.2, 0) is 0 Å². The molecule has 2 saturated heterocycles. The Morgan fingerprint density at radius 3 is 2.50 bits per heavy atom. The lowest BCUT2D eigenvalue weighted by Gasteiger charge is -2.29. The van der Waals surface area contributed by atoms with E-state index in [9.17, 15) is 0 Å². The van der Waals surface area contributed by atoms with Crippen molar-refractivity contribution >= 4 is 0 Å². The molecule has 0 saturated carbocycles. The minimum Gasteiger partial charge on any atom is -0.317 e. The van der Waals surface area contributed by atoms with Crippen molar-refractivity contribution in [3.05, 3.63) is 0 Å². The van der Waals surface area contributed by atoms with Gasteiger partial charge in [-0.2, -0.15) is 0 Å². The van der Waals surface area contributed by atoms with E-state index in [1.54, 1.807) is 0 Å². The molecule has 2 fully saturated rings. The van der Waals surface area contributed by atoms with Crippen molar-refractivity contribution in [3.8, 4) is 0 Å². The third kappa shape index (κ3) is 2.71. The Morgan fingerprint density at radius 1 is 1.14 bits per heavy atom. The summed E-state index contributed by atoms with van der Waals surface area (Å²) in [7, 11) is 0. The number of piperidine rings is 1. The summed E-state index contributed by atoms with van der Waals surface area (Å²) >= 11 is 0. The first-order valence-electron chi connectivity index (χ1n) is 6.35. The maximum absolute atomic E-state index is 3.70. The fraction of sp³-hybridized carbons (Fsp3) is 1.00. The van der Waals surface area contributed by atoms with Gasteiger partial charge in [0.25, 0.3) is 0 Å². The summed E-state index contributed by atoms with van der Waals surface area (Å²) in [6, 6.07) is 1.73. The van der Waals surface area contributed by atoms with Gasteiger partial charge >= 0.3 is 0 Å². The summed E-state index contributed by atoms with van der Waals surface area (Å²) in [5.74, 6) is 0.998. The van der Waals surface area contributed by atoms with Crippen molar-refractivity contribution in [1.29, 1.82) is 0 Å². The Balaban J connectivity index is 1.62. The summed E-state index contributed by atoms with van der Waals surface area (Å²) in [4.78, 5) is 0. The third-order valence-corrected chi connectivity index (χ3v) is 3.73. The highest BCUT2D eigenvalue weighted by molar-refractivity contribution is 4.91. The van der Waals surface area contributed by atoms with E-state index in [0.29, 0.717) is 0 Å². The van der Waals surface area contributed by atoms with Gasteiger partial charge in [0.05, 0.1) is 0 Å². The molecule has 2 heterocycles. The van der Waals surface area contributed by atoms with Gasteiger partial charge in [-0.15, -0.1) is 0 Å². The van der Waals surface area contributed by atoms with Crippen LogP contribution in [-0.4, -0.2) is 25.2 Å². The van der Waals surface area contributed by atoms with Crippen LogP contribution in [0.25, 0.3) is 0 Å². The zero-order valence-electron chi connectivity index (χ0n) is 9.39. The first-order chi connectivity index (χ1) is 6.88. The predicted octanol–water partition coefficient (Wildman–Crippen LogP) is 1.91. The standard InChI is InChI=1S/C12H24N2/c1-2-6-13-7-5-10-8-11-3-4-12(9-10)14-11/h10-14H,2-9H2,1H3. The van der Waals surface area contributed by atoms with Gasteiger partial charge in [-0.05, 0) is 57.5 Å². The van der Waals surface area contributed by atoms with E-state index in [1.807, 2.05) is 0 Å². The summed E-state index contributed by atoms with van der Waals surface area (Å²) in [5, 5.41) is 7.21. The highest BCUT2D eigenvalue weighted by Gasteiger charge is 2.32. The second kappa shape index (κ2) is 5.13. The lowest BCUT2D eigenvalue weighted by Crippen LogP contribution is -2.38. The molecule has 2 N–H and O–H groups in total. The normalized spacial score (nSPS) is 36.2. The Kier molecular flexibility index (Phi) is 3.82. The lowest BCUT2D eigenvalue weighted by atomic mass is 9.90. The number of fused-ring (bicyclic) bond motifs is 2. The zero-order chi connectivity index (χ0) is 9.80. The third-order valence-electron chi connectivity index (χ3n) is 3.73. The second-order valence-electron chi connectivity index (χ2n) is 5.01. The largest absolute Gasteiger partial charge is 0.317 e. The Labute approximate surface area is 87.8 Å². The average Bonchev–Trinajstić information content (AvgIpc) is 2.53. The molecule has 14 heavy (non-hydrogen) atoms. The molecule has 2 nitrogen and oxygen atoms in total. The highest BCUT2D eigenvalue weighted by atomic mass is 15.0. The molecular weight excluding hydrogens is 172 g/mol. The molecule has 0 aromatic carbocycles. The Morgan fingerprint density at radius 2 is 1.86 bits per heavy atom. The molecule has 2 rings (SSSR count). The van der Waals surface area contributed by atoms with Crippen molar-refractivity contribution < 1.29 is 0 Å². The zero-order valence-corrected chi connectivity index (χ0v) is 9.39. The van der Waals surface area contributed by atoms with Crippen LogP contribution in [0.3, 0.4) is 0 Å². The first-order valence-corrected chi connectivity index (χ1v) is 6.35. The fourth-order valence-corrected chi connectivity index (χ4v) is 3.02. The van der Waals surface area contributed by atoms with Crippen molar-refractivity contribution in [2.24, 2.45) is 5.92 Å². The van der Waals surface area contributed by atoms with E-state index in [4.69, 9.17) is 0 Å². The van der Waals surface area contributed by atoms with Gasteiger partial charge < -0.3 is 10.6 Å². The van der Waals surface area contributed by atoms with Gasteiger partial charge in [-0.3, -0.25) is 0 Å². The molecule has 0 radical (unpaired) electrons. The number of rotatable bonds is 5. The molecule has 0 aromatic rings. The van der Waals surface area contributed by atoms with Crippen molar-refractivity contribution in [3.63, 3.8) is 0 Å². The predicted molar refractivity (Wildman–Crippen MR) is 60.4 cm³/mol. The minimum atomic E-state index is 0.866. The van der Waals surface area contributed by atoms with Gasteiger partial charge in [0.1, 0.15) is 0 Å². The molecule has 0 amide bonds. The Bertz CT molecular complexity index is 158. The van der Waals surface area contributed by atoms with E-state index in [0.717, 1.165) is 18.0 Å². The van der Waals surface area contributed by atoms with Gasteiger partial charge in [-0.1, -0.05) is 6.92 Å². The van der Waals surface area contributed by atoms with Crippen LogP contribution < -0.4 is 10.6 Å². The van der Waals surface area contributed by atoms with Gasteiger partial charge in [0, 0.05) is 12.1 Å². The summed E-state index contributed by atoms with van der Waals surface area (Å²) in [6.45, 7) is 4.66. The van der Waals surface area contributed by atoms with Crippen LogP contribution in [0.4, 0.5) is 0 Å². The van der Waals surface area contributed by atoms with Crippen LogP contribution in [0.1, 0.15) is 45.4 Å². The molecule has 2 bridgehead atoms. The molecular formula is C12H24N2. The molecule has 2 atom stereocenters. The SMILES string of the molecule is CCCNCCC1CC2CCC(C1)N2. The first kappa shape index (κ1) is 10.4. The molecule has 82 valence electrons. The molecule has 2 aliphatic heterocycles. The number of hydrogen-bond donors (Lipinski definition) is 2. The smallest absolute Gasteiger partial charge is 0.00728 e. The summed E-state index contributed by atoms with van der Waals surface area (Å²) < 4.78 is 0. The monoisotopic (exact) mass is 196 g/mol. The van der Waals surface area contributed by atoms with Crippen molar-refractivity contribution in [1.82, 2.24) is 10.6 Å². The second-order valence-corrected chi connectivity index (χ2v) is 5.01. The van der Waals surface area contributed by atoms with E-state index >= 15 is 0 Å². The van der Waals surface area contributed by atoms with E-state index < -0.39 is 0 Å².